The van der Waals surface area contributed by atoms with Gasteiger partial charge >= 0.3 is 0 Å². The highest BCUT2D eigenvalue weighted by molar-refractivity contribution is 7.99. The molecule has 0 aromatic rings. The average Bonchev–Trinajstić information content (AvgIpc) is 2.32. The van der Waals surface area contributed by atoms with Crippen molar-refractivity contribution in [2.75, 3.05) is 31.1 Å². The molecule has 0 atom stereocenters. The first-order chi connectivity index (χ1) is 7.27. The molecule has 0 radical (unpaired) electrons. The minimum Gasteiger partial charge on any atom is -0.329 e. The van der Waals surface area contributed by atoms with E-state index in [1.54, 1.807) is 0 Å². The van der Waals surface area contributed by atoms with Crippen LogP contribution in [0.15, 0.2) is 0 Å². The van der Waals surface area contributed by atoms with Crippen LogP contribution in [0, 0.1) is 5.92 Å². The quantitative estimate of drug-likeness (QED) is 0.783. The summed E-state index contributed by atoms with van der Waals surface area (Å²) in [7, 11) is 0. The summed E-state index contributed by atoms with van der Waals surface area (Å²) in [6, 6.07) is 0. The zero-order valence-electron chi connectivity index (χ0n) is 9.87. The molecule has 1 heterocycles. The minimum absolute atomic E-state index is 0.369. The summed E-state index contributed by atoms with van der Waals surface area (Å²) in [5.41, 5.74) is 6.43. The lowest BCUT2D eigenvalue weighted by Crippen LogP contribution is -2.57. The lowest BCUT2D eigenvalue weighted by atomic mass is 9.76. The number of rotatable bonds is 2. The summed E-state index contributed by atoms with van der Waals surface area (Å²) in [5, 5.41) is 0. The Bertz CT molecular complexity index is 194. The number of hydrogen-bond acceptors (Lipinski definition) is 3. The van der Waals surface area contributed by atoms with Gasteiger partial charge in [-0.25, -0.2) is 0 Å². The van der Waals surface area contributed by atoms with Crippen LogP contribution in [0.4, 0.5) is 0 Å². The van der Waals surface area contributed by atoms with Crippen LogP contribution in [0.25, 0.3) is 0 Å². The fourth-order valence-corrected chi connectivity index (χ4v) is 3.89. The van der Waals surface area contributed by atoms with Gasteiger partial charge in [-0.1, -0.05) is 6.92 Å². The molecule has 2 N–H and O–H groups in total. The van der Waals surface area contributed by atoms with E-state index in [0.29, 0.717) is 5.54 Å². The highest BCUT2D eigenvalue weighted by Gasteiger charge is 2.38. The Morgan fingerprint density at radius 3 is 2.40 bits per heavy atom. The maximum Gasteiger partial charge on any atom is 0.0332 e. The Morgan fingerprint density at radius 1 is 1.27 bits per heavy atom. The molecule has 15 heavy (non-hydrogen) atoms. The zero-order chi connectivity index (χ0) is 10.7. The van der Waals surface area contributed by atoms with Crippen LogP contribution in [0.1, 0.15) is 32.6 Å². The lowest BCUT2D eigenvalue weighted by molar-refractivity contribution is 0.0535. The van der Waals surface area contributed by atoms with Crippen molar-refractivity contribution in [2.45, 2.75) is 38.1 Å². The van der Waals surface area contributed by atoms with Crippen LogP contribution in [-0.4, -0.2) is 41.6 Å². The highest BCUT2D eigenvalue weighted by Crippen LogP contribution is 2.36. The second-order valence-electron chi connectivity index (χ2n) is 5.21. The molecule has 2 aliphatic rings. The van der Waals surface area contributed by atoms with Crippen LogP contribution >= 0.6 is 11.8 Å². The van der Waals surface area contributed by atoms with Gasteiger partial charge in [0.25, 0.3) is 0 Å². The molecule has 1 aliphatic carbocycles. The molecular weight excluding hydrogens is 204 g/mol. The Kier molecular flexibility index (Phi) is 3.97. The standard InChI is InChI=1S/C12H24N2S/c1-11-2-4-12(10-13,5-3-11)14-6-8-15-9-7-14/h11H,2-10,13H2,1H3. The SMILES string of the molecule is CC1CCC(CN)(N2CCSCC2)CC1. The van der Waals surface area contributed by atoms with Gasteiger partial charge in [0, 0.05) is 36.7 Å². The molecule has 0 aromatic carbocycles. The van der Waals surface area contributed by atoms with E-state index >= 15 is 0 Å². The van der Waals surface area contributed by atoms with E-state index in [2.05, 4.69) is 23.6 Å². The van der Waals surface area contributed by atoms with Gasteiger partial charge in [-0.05, 0) is 31.6 Å². The Hall–Kier alpha value is 0.270. The van der Waals surface area contributed by atoms with Gasteiger partial charge < -0.3 is 5.73 Å². The second-order valence-corrected chi connectivity index (χ2v) is 6.44. The average molecular weight is 228 g/mol. The molecule has 0 spiro atoms. The zero-order valence-corrected chi connectivity index (χ0v) is 10.7. The van der Waals surface area contributed by atoms with Gasteiger partial charge in [0.1, 0.15) is 0 Å². The van der Waals surface area contributed by atoms with Crippen molar-refractivity contribution >= 4 is 11.8 Å². The molecule has 3 heteroatoms. The molecule has 88 valence electrons. The fourth-order valence-electron chi connectivity index (χ4n) is 2.99. The summed E-state index contributed by atoms with van der Waals surface area (Å²) < 4.78 is 0. The molecule has 1 saturated heterocycles. The van der Waals surface area contributed by atoms with Crippen LogP contribution < -0.4 is 5.73 Å². The van der Waals surface area contributed by atoms with E-state index in [1.807, 2.05) is 0 Å². The van der Waals surface area contributed by atoms with Crippen molar-refractivity contribution < 1.29 is 0 Å². The van der Waals surface area contributed by atoms with Gasteiger partial charge in [0.15, 0.2) is 0 Å². The number of hydrogen-bond donors (Lipinski definition) is 1. The summed E-state index contributed by atoms with van der Waals surface area (Å²) in [6.45, 7) is 5.77. The van der Waals surface area contributed by atoms with Crippen molar-refractivity contribution in [3.63, 3.8) is 0 Å². The van der Waals surface area contributed by atoms with Crippen molar-refractivity contribution in [1.29, 1.82) is 0 Å². The van der Waals surface area contributed by atoms with E-state index in [-0.39, 0.29) is 0 Å². The predicted octanol–water partition coefficient (Wildman–Crippen LogP) is 1.94. The van der Waals surface area contributed by atoms with Crippen LogP contribution in [-0.2, 0) is 0 Å². The molecule has 0 amide bonds. The first-order valence-electron chi connectivity index (χ1n) is 6.30. The third kappa shape index (κ3) is 2.51. The third-order valence-electron chi connectivity index (χ3n) is 4.27. The lowest BCUT2D eigenvalue weighted by Gasteiger charge is -2.48. The number of thioether (sulfide) groups is 1. The third-order valence-corrected chi connectivity index (χ3v) is 5.21. The molecular formula is C12H24N2S. The molecule has 0 unspecified atom stereocenters. The van der Waals surface area contributed by atoms with Gasteiger partial charge in [0.2, 0.25) is 0 Å². The number of nitrogens with two attached hydrogens (primary N) is 1. The maximum atomic E-state index is 6.07. The Labute approximate surface area is 98.0 Å². The van der Waals surface area contributed by atoms with Gasteiger partial charge in [-0.15, -0.1) is 0 Å². The molecule has 1 aliphatic heterocycles. The van der Waals surface area contributed by atoms with Crippen molar-refractivity contribution in [3.8, 4) is 0 Å². The monoisotopic (exact) mass is 228 g/mol. The van der Waals surface area contributed by atoms with E-state index in [0.717, 1.165) is 12.5 Å². The molecule has 2 nitrogen and oxygen atoms in total. The van der Waals surface area contributed by atoms with Crippen molar-refractivity contribution in [2.24, 2.45) is 11.7 Å². The Balaban J connectivity index is 2.00. The first-order valence-corrected chi connectivity index (χ1v) is 7.45. The molecule has 0 bridgehead atoms. The maximum absolute atomic E-state index is 6.07. The van der Waals surface area contributed by atoms with E-state index in [9.17, 15) is 0 Å². The second kappa shape index (κ2) is 5.07. The highest BCUT2D eigenvalue weighted by atomic mass is 32.2. The molecule has 2 fully saturated rings. The minimum atomic E-state index is 0.369. The molecule has 0 aromatic heterocycles. The van der Waals surface area contributed by atoms with Crippen LogP contribution in [0.2, 0.25) is 0 Å². The van der Waals surface area contributed by atoms with Crippen LogP contribution in [0.5, 0.6) is 0 Å². The normalized spacial score (nSPS) is 39.2. The summed E-state index contributed by atoms with van der Waals surface area (Å²) in [6.07, 6.45) is 5.41. The van der Waals surface area contributed by atoms with Crippen LogP contribution in [0.3, 0.4) is 0 Å². The fraction of sp³-hybridized carbons (Fsp3) is 1.00. The number of nitrogens with zero attached hydrogens (tertiary/aromatic N) is 1. The summed E-state index contributed by atoms with van der Waals surface area (Å²) in [5.74, 6) is 3.53. The molecule has 1 saturated carbocycles. The van der Waals surface area contributed by atoms with E-state index in [1.165, 1.54) is 50.3 Å². The van der Waals surface area contributed by atoms with Crippen molar-refractivity contribution in [3.05, 3.63) is 0 Å². The molecule has 2 rings (SSSR count). The van der Waals surface area contributed by atoms with Crippen molar-refractivity contribution in [1.82, 2.24) is 4.90 Å². The van der Waals surface area contributed by atoms with Gasteiger partial charge in [0.05, 0.1) is 0 Å². The largest absolute Gasteiger partial charge is 0.329 e. The summed E-state index contributed by atoms with van der Waals surface area (Å²) >= 11 is 2.09. The van der Waals surface area contributed by atoms with Gasteiger partial charge in [-0.2, -0.15) is 11.8 Å². The van der Waals surface area contributed by atoms with Gasteiger partial charge in [-0.3, -0.25) is 4.90 Å². The smallest absolute Gasteiger partial charge is 0.0332 e. The predicted molar refractivity (Wildman–Crippen MR) is 68.3 cm³/mol. The summed E-state index contributed by atoms with van der Waals surface area (Å²) in [4.78, 5) is 2.69. The van der Waals surface area contributed by atoms with E-state index in [4.69, 9.17) is 5.73 Å². The van der Waals surface area contributed by atoms with E-state index < -0.39 is 0 Å². The first kappa shape index (κ1) is 11.7. The topological polar surface area (TPSA) is 29.3 Å². The Morgan fingerprint density at radius 2 is 1.87 bits per heavy atom.